The second kappa shape index (κ2) is 5.47. The van der Waals surface area contributed by atoms with Gasteiger partial charge < -0.3 is 10.3 Å². The average Bonchev–Trinajstić information content (AvgIpc) is 2.90. The first-order valence-corrected chi connectivity index (χ1v) is 6.83. The van der Waals surface area contributed by atoms with Crippen molar-refractivity contribution in [2.24, 2.45) is 5.73 Å². The van der Waals surface area contributed by atoms with Crippen LogP contribution in [0.4, 0.5) is 4.39 Å². The summed E-state index contributed by atoms with van der Waals surface area (Å²) in [5.74, 6) is 0.544. The number of hydrogen-bond donors (Lipinski definition) is 1. The van der Waals surface area contributed by atoms with E-state index in [1.165, 1.54) is 6.07 Å². The van der Waals surface area contributed by atoms with Crippen molar-refractivity contribution in [2.45, 2.75) is 19.1 Å². The zero-order valence-electron chi connectivity index (χ0n) is 10.8. The van der Waals surface area contributed by atoms with Gasteiger partial charge in [-0.1, -0.05) is 17.7 Å². The molecule has 1 aliphatic heterocycles. The molecule has 20 heavy (non-hydrogen) atoms. The molecule has 0 bridgehead atoms. The summed E-state index contributed by atoms with van der Waals surface area (Å²) >= 11 is 6.15. The van der Waals surface area contributed by atoms with Gasteiger partial charge in [-0.2, -0.15) is 0 Å². The van der Waals surface area contributed by atoms with E-state index in [0.29, 0.717) is 23.7 Å². The summed E-state index contributed by atoms with van der Waals surface area (Å²) in [4.78, 5) is 2.09. The SMILES string of the molecule is NCC(c1c(F)cccc1Cl)N1CCn2cnnc2C1. The van der Waals surface area contributed by atoms with Gasteiger partial charge in [0.25, 0.3) is 0 Å². The quantitative estimate of drug-likeness (QED) is 0.934. The maximum atomic E-state index is 14.1. The van der Waals surface area contributed by atoms with Crippen molar-refractivity contribution in [3.63, 3.8) is 0 Å². The molecule has 0 aliphatic carbocycles. The summed E-state index contributed by atoms with van der Waals surface area (Å²) in [6, 6.07) is 4.45. The fraction of sp³-hybridized carbons (Fsp3) is 0.385. The van der Waals surface area contributed by atoms with Crippen LogP contribution in [-0.2, 0) is 13.1 Å². The van der Waals surface area contributed by atoms with Crippen LogP contribution in [-0.4, -0.2) is 32.8 Å². The van der Waals surface area contributed by atoms with Crippen LogP contribution in [0.25, 0.3) is 0 Å². The molecule has 5 nitrogen and oxygen atoms in total. The number of aromatic nitrogens is 3. The van der Waals surface area contributed by atoms with Crippen LogP contribution in [0.3, 0.4) is 0 Å². The van der Waals surface area contributed by atoms with E-state index in [1.807, 2.05) is 4.57 Å². The highest BCUT2D eigenvalue weighted by Crippen LogP contribution is 2.31. The number of benzene rings is 1. The van der Waals surface area contributed by atoms with Gasteiger partial charge in [0, 0.05) is 30.2 Å². The molecule has 0 radical (unpaired) electrons. The van der Waals surface area contributed by atoms with Gasteiger partial charge in [0.05, 0.1) is 12.6 Å². The maximum absolute atomic E-state index is 14.1. The smallest absolute Gasteiger partial charge is 0.147 e. The molecular weight excluding hydrogens is 281 g/mol. The molecule has 1 aromatic carbocycles. The first kappa shape index (κ1) is 13.5. The summed E-state index contributed by atoms with van der Waals surface area (Å²) < 4.78 is 16.1. The van der Waals surface area contributed by atoms with E-state index < -0.39 is 0 Å². The van der Waals surface area contributed by atoms with Gasteiger partial charge in [-0.25, -0.2) is 4.39 Å². The predicted octanol–water partition coefficient (Wildman–Crippen LogP) is 1.59. The number of rotatable bonds is 3. The molecule has 0 saturated heterocycles. The number of nitrogens with zero attached hydrogens (tertiary/aromatic N) is 4. The van der Waals surface area contributed by atoms with Gasteiger partial charge in [-0.15, -0.1) is 10.2 Å². The summed E-state index contributed by atoms with van der Waals surface area (Å²) in [7, 11) is 0. The Hall–Kier alpha value is -1.50. The lowest BCUT2D eigenvalue weighted by molar-refractivity contribution is 0.153. The summed E-state index contributed by atoms with van der Waals surface area (Å²) in [5, 5.41) is 8.36. The highest BCUT2D eigenvalue weighted by Gasteiger charge is 2.28. The van der Waals surface area contributed by atoms with E-state index in [2.05, 4.69) is 15.1 Å². The largest absolute Gasteiger partial charge is 0.329 e. The fourth-order valence-corrected chi connectivity index (χ4v) is 2.92. The van der Waals surface area contributed by atoms with Crippen molar-refractivity contribution in [1.82, 2.24) is 19.7 Å². The molecule has 1 atom stereocenters. The van der Waals surface area contributed by atoms with Crippen LogP contribution in [0.5, 0.6) is 0 Å². The molecule has 0 spiro atoms. The van der Waals surface area contributed by atoms with Crippen LogP contribution < -0.4 is 5.73 Å². The van der Waals surface area contributed by atoms with Crippen molar-refractivity contribution >= 4 is 11.6 Å². The Kier molecular flexibility index (Phi) is 3.69. The number of fused-ring (bicyclic) bond motifs is 1. The fourth-order valence-electron chi connectivity index (χ4n) is 2.63. The molecule has 2 aromatic rings. The highest BCUT2D eigenvalue weighted by molar-refractivity contribution is 6.31. The van der Waals surface area contributed by atoms with E-state index >= 15 is 0 Å². The molecule has 1 aromatic heterocycles. The van der Waals surface area contributed by atoms with Gasteiger partial charge >= 0.3 is 0 Å². The Morgan fingerprint density at radius 2 is 2.25 bits per heavy atom. The van der Waals surface area contributed by atoms with Crippen LogP contribution >= 0.6 is 11.6 Å². The molecule has 0 amide bonds. The summed E-state index contributed by atoms with van der Waals surface area (Å²) in [6.07, 6.45) is 1.71. The highest BCUT2D eigenvalue weighted by atomic mass is 35.5. The Morgan fingerprint density at radius 1 is 1.40 bits per heavy atom. The van der Waals surface area contributed by atoms with E-state index in [0.717, 1.165) is 18.9 Å². The third-order valence-electron chi connectivity index (χ3n) is 3.67. The van der Waals surface area contributed by atoms with Gasteiger partial charge in [0.1, 0.15) is 18.0 Å². The standard InChI is InChI=1S/C13H15ClFN5/c14-9-2-1-3-10(15)13(9)11(6-16)19-4-5-20-8-17-18-12(20)7-19/h1-3,8,11H,4-7,16H2. The number of hydrogen-bond acceptors (Lipinski definition) is 4. The van der Waals surface area contributed by atoms with Crippen molar-refractivity contribution < 1.29 is 4.39 Å². The minimum Gasteiger partial charge on any atom is -0.329 e. The van der Waals surface area contributed by atoms with Crippen molar-refractivity contribution in [3.05, 3.63) is 46.8 Å². The molecule has 1 unspecified atom stereocenters. The van der Waals surface area contributed by atoms with E-state index in [9.17, 15) is 4.39 Å². The summed E-state index contributed by atoms with van der Waals surface area (Å²) in [6.45, 7) is 2.42. The molecule has 0 fully saturated rings. The third kappa shape index (κ3) is 2.30. The molecule has 7 heteroatoms. The lowest BCUT2D eigenvalue weighted by Gasteiger charge is -2.34. The first-order chi connectivity index (χ1) is 9.70. The Morgan fingerprint density at radius 3 is 3.00 bits per heavy atom. The monoisotopic (exact) mass is 295 g/mol. The number of nitrogens with two attached hydrogens (primary N) is 1. The molecule has 3 rings (SSSR count). The molecule has 2 N–H and O–H groups in total. The minimum absolute atomic E-state index is 0.255. The second-order valence-corrected chi connectivity index (χ2v) is 5.21. The predicted molar refractivity (Wildman–Crippen MR) is 73.6 cm³/mol. The van der Waals surface area contributed by atoms with Crippen LogP contribution in [0.1, 0.15) is 17.4 Å². The van der Waals surface area contributed by atoms with E-state index in [1.54, 1.807) is 18.5 Å². The summed E-state index contributed by atoms with van der Waals surface area (Å²) in [5.41, 5.74) is 6.32. The zero-order chi connectivity index (χ0) is 14.1. The lowest BCUT2D eigenvalue weighted by atomic mass is 10.0. The average molecular weight is 296 g/mol. The van der Waals surface area contributed by atoms with E-state index in [-0.39, 0.29) is 11.9 Å². The maximum Gasteiger partial charge on any atom is 0.147 e. The van der Waals surface area contributed by atoms with Crippen LogP contribution in [0, 0.1) is 5.82 Å². The second-order valence-electron chi connectivity index (χ2n) is 4.80. The Labute approximate surface area is 121 Å². The van der Waals surface area contributed by atoms with Gasteiger partial charge in [-0.3, -0.25) is 4.90 Å². The lowest BCUT2D eigenvalue weighted by Crippen LogP contribution is -2.40. The minimum atomic E-state index is -0.319. The zero-order valence-corrected chi connectivity index (χ0v) is 11.6. The van der Waals surface area contributed by atoms with Crippen LogP contribution in [0.2, 0.25) is 5.02 Å². The molecule has 106 valence electrons. The van der Waals surface area contributed by atoms with Gasteiger partial charge in [-0.05, 0) is 12.1 Å². The topological polar surface area (TPSA) is 60.0 Å². The molecular formula is C13H15ClFN5. The van der Waals surface area contributed by atoms with Gasteiger partial charge in [0.2, 0.25) is 0 Å². The molecule has 0 saturated carbocycles. The van der Waals surface area contributed by atoms with Gasteiger partial charge in [0.15, 0.2) is 0 Å². The van der Waals surface area contributed by atoms with Crippen LogP contribution in [0.15, 0.2) is 24.5 Å². The third-order valence-corrected chi connectivity index (χ3v) is 3.99. The molecule has 2 heterocycles. The van der Waals surface area contributed by atoms with E-state index in [4.69, 9.17) is 17.3 Å². The first-order valence-electron chi connectivity index (χ1n) is 6.45. The number of halogens is 2. The van der Waals surface area contributed by atoms with Crippen molar-refractivity contribution in [3.8, 4) is 0 Å². The van der Waals surface area contributed by atoms with Crippen molar-refractivity contribution in [1.29, 1.82) is 0 Å². The Bertz CT molecular complexity index is 594. The normalized spacial score (nSPS) is 16.9. The molecule has 1 aliphatic rings. The van der Waals surface area contributed by atoms with Crippen molar-refractivity contribution in [2.75, 3.05) is 13.1 Å². The Balaban J connectivity index is 1.92.